The average Bonchev–Trinajstić information content (AvgIpc) is 2.96. The van der Waals surface area contributed by atoms with E-state index in [1.807, 2.05) is 12.1 Å². The number of ether oxygens (including phenoxy) is 2. The fourth-order valence-electron chi connectivity index (χ4n) is 2.58. The molecule has 0 aliphatic carbocycles. The minimum atomic E-state index is 0.241. The van der Waals surface area contributed by atoms with E-state index >= 15 is 0 Å². The lowest BCUT2D eigenvalue weighted by atomic mass is 9.95. The Kier molecular flexibility index (Phi) is 4.80. The van der Waals surface area contributed by atoms with E-state index < -0.39 is 0 Å². The van der Waals surface area contributed by atoms with Gasteiger partial charge in [-0.3, -0.25) is 0 Å². The molecule has 0 aromatic carbocycles. The first-order valence-corrected chi connectivity index (χ1v) is 6.67. The van der Waals surface area contributed by atoms with Gasteiger partial charge in [-0.15, -0.1) is 0 Å². The second-order valence-corrected chi connectivity index (χ2v) is 4.91. The number of hydrogen-bond acceptors (Lipinski definition) is 4. The van der Waals surface area contributed by atoms with Gasteiger partial charge in [-0.1, -0.05) is 6.92 Å². The number of hydrogen-bond donors (Lipinski definition) is 1. The molecule has 0 amide bonds. The number of methoxy groups -OCH3 is 1. The molecule has 18 heavy (non-hydrogen) atoms. The maximum absolute atomic E-state index is 5.84. The number of furan rings is 1. The fourth-order valence-corrected chi connectivity index (χ4v) is 2.58. The van der Waals surface area contributed by atoms with Crippen molar-refractivity contribution in [2.24, 2.45) is 5.92 Å². The minimum absolute atomic E-state index is 0.241. The Hall–Kier alpha value is -0.840. The molecule has 4 heteroatoms. The van der Waals surface area contributed by atoms with Crippen LogP contribution in [0.3, 0.4) is 0 Å². The molecule has 1 aromatic rings. The van der Waals surface area contributed by atoms with Crippen molar-refractivity contribution in [3.05, 3.63) is 23.7 Å². The van der Waals surface area contributed by atoms with Crippen LogP contribution >= 0.6 is 0 Å². The molecule has 1 aromatic heterocycles. The molecule has 1 N–H and O–H groups in total. The molecule has 2 rings (SSSR count). The molecule has 102 valence electrons. The summed E-state index contributed by atoms with van der Waals surface area (Å²) in [5.74, 6) is 2.36. The monoisotopic (exact) mass is 253 g/mol. The highest BCUT2D eigenvalue weighted by atomic mass is 16.5. The summed E-state index contributed by atoms with van der Waals surface area (Å²) in [6.45, 7) is 6.50. The van der Waals surface area contributed by atoms with E-state index in [4.69, 9.17) is 13.9 Å². The van der Waals surface area contributed by atoms with E-state index in [1.54, 1.807) is 7.11 Å². The largest absolute Gasteiger partial charge is 0.462 e. The molecule has 2 heterocycles. The summed E-state index contributed by atoms with van der Waals surface area (Å²) in [6, 6.07) is 4.28. The van der Waals surface area contributed by atoms with Gasteiger partial charge in [0, 0.05) is 13.0 Å². The summed E-state index contributed by atoms with van der Waals surface area (Å²) < 4.78 is 16.6. The lowest BCUT2D eigenvalue weighted by Crippen LogP contribution is -2.28. The van der Waals surface area contributed by atoms with Gasteiger partial charge in [0.1, 0.15) is 18.1 Å². The first-order valence-electron chi connectivity index (χ1n) is 6.67. The van der Waals surface area contributed by atoms with Gasteiger partial charge in [0.05, 0.1) is 18.8 Å². The van der Waals surface area contributed by atoms with Gasteiger partial charge in [-0.05, 0) is 32.0 Å². The van der Waals surface area contributed by atoms with Crippen LogP contribution in [0, 0.1) is 5.92 Å². The zero-order chi connectivity index (χ0) is 13.0. The molecule has 0 bridgehead atoms. The van der Waals surface area contributed by atoms with Crippen LogP contribution in [0.25, 0.3) is 0 Å². The molecular formula is C14H23NO3. The fraction of sp³-hybridized carbons (Fsp3) is 0.714. The van der Waals surface area contributed by atoms with Crippen molar-refractivity contribution >= 4 is 0 Å². The molecule has 1 saturated heterocycles. The highest BCUT2D eigenvalue weighted by Crippen LogP contribution is 2.32. The van der Waals surface area contributed by atoms with Crippen molar-refractivity contribution in [1.82, 2.24) is 5.32 Å². The van der Waals surface area contributed by atoms with Gasteiger partial charge in [0.25, 0.3) is 0 Å². The lowest BCUT2D eigenvalue weighted by Gasteiger charge is -2.21. The number of nitrogens with one attached hydrogen (secondary N) is 1. The molecule has 3 unspecified atom stereocenters. The zero-order valence-corrected chi connectivity index (χ0v) is 11.4. The SMILES string of the molecule is CCNC(c1ccc(COC)o1)C1COC(C)C1. The molecule has 4 nitrogen and oxygen atoms in total. The van der Waals surface area contributed by atoms with Crippen LogP contribution in [0.1, 0.15) is 37.8 Å². The summed E-state index contributed by atoms with van der Waals surface area (Å²) in [7, 11) is 1.68. The van der Waals surface area contributed by atoms with E-state index in [-0.39, 0.29) is 6.04 Å². The molecule has 0 saturated carbocycles. The predicted molar refractivity (Wildman–Crippen MR) is 69.4 cm³/mol. The van der Waals surface area contributed by atoms with Crippen LogP contribution in [0.5, 0.6) is 0 Å². The summed E-state index contributed by atoms with van der Waals surface area (Å²) in [6.07, 6.45) is 1.43. The second-order valence-electron chi connectivity index (χ2n) is 4.91. The molecular weight excluding hydrogens is 230 g/mol. The molecule has 0 radical (unpaired) electrons. The third kappa shape index (κ3) is 3.13. The van der Waals surface area contributed by atoms with Crippen molar-refractivity contribution < 1.29 is 13.9 Å². The van der Waals surface area contributed by atoms with Crippen LogP contribution in [0.2, 0.25) is 0 Å². The van der Waals surface area contributed by atoms with E-state index in [0.29, 0.717) is 18.6 Å². The Bertz CT molecular complexity index is 364. The van der Waals surface area contributed by atoms with Crippen LogP contribution < -0.4 is 5.32 Å². The maximum Gasteiger partial charge on any atom is 0.129 e. The molecule has 1 aliphatic heterocycles. The van der Waals surface area contributed by atoms with E-state index in [2.05, 4.69) is 19.2 Å². The Morgan fingerprint density at radius 2 is 2.33 bits per heavy atom. The predicted octanol–water partition coefficient (Wildman–Crippen LogP) is 2.50. The Morgan fingerprint density at radius 3 is 2.94 bits per heavy atom. The van der Waals surface area contributed by atoms with Crippen molar-refractivity contribution in [2.45, 2.75) is 39.0 Å². The third-order valence-corrected chi connectivity index (χ3v) is 3.40. The standard InChI is InChI=1S/C14H23NO3/c1-4-15-14(11-7-10(2)17-8-11)13-6-5-12(18-13)9-16-3/h5-6,10-11,14-15H,4,7-9H2,1-3H3. The summed E-state index contributed by atoms with van der Waals surface area (Å²) in [5, 5.41) is 3.50. The van der Waals surface area contributed by atoms with Crippen LogP contribution in [-0.2, 0) is 16.1 Å². The van der Waals surface area contributed by atoms with Gasteiger partial charge in [0.15, 0.2) is 0 Å². The zero-order valence-electron chi connectivity index (χ0n) is 11.4. The van der Waals surface area contributed by atoms with Gasteiger partial charge < -0.3 is 19.2 Å². The maximum atomic E-state index is 5.84. The van der Waals surface area contributed by atoms with Crippen molar-refractivity contribution in [1.29, 1.82) is 0 Å². The Balaban J connectivity index is 2.08. The third-order valence-electron chi connectivity index (χ3n) is 3.40. The van der Waals surface area contributed by atoms with Gasteiger partial charge in [-0.2, -0.15) is 0 Å². The summed E-state index contributed by atoms with van der Waals surface area (Å²) in [5.41, 5.74) is 0. The van der Waals surface area contributed by atoms with Crippen molar-refractivity contribution in [3.8, 4) is 0 Å². The van der Waals surface area contributed by atoms with Gasteiger partial charge in [-0.25, -0.2) is 0 Å². The summed E-state index contributed by atoms with van der Waals surface area (Å²) in [4.78, 5) is 0. The van der Waals surface area contributed by atoms with Crippen LogP contribution in [0.4, 0.5) is 0 Å². The average molecular weight is 253 g/mol. The van der Waals surface area contributed by atoms with Crippen molar-refractivity contribution in [3.63, 3.8) is 0 Å². The second kappa shape index (κ2) is 6.36. The topological polar surface area (TPSA) is 43.6 Å². The first kappa shape index (κ1) is 13.6. The van der Waals surface area contributed by atoms with E-state index in [0.717, 1.165) is 31.1 Å². The van der Waals surface area contributed by atoms with Crippen molar-refractivity contribution in [2.75, 3.05) is 20.3 Å². The van der Waals surface area contributed by atoms with Gasteiger partial charge in [0.2, 0.25) is 0 Å². The number of rotatable bonds is 6. The Morgan fingerprint density at radius 1 is 1.50 bits per heavy atom. The van der Waals surface area contributed by atoms with Crippen LogP contribution in [-0.4, -0.2) is 26.4 Å². The molecule has 3 atom stereocenters. The molecule has 0 spiro atoms. The minimum Gasteiger partial charge on any atom is -0.462 e. The van der Waals surface area contributed by atoms with E-state index in [1.165, 1.54) is 0 Å². The highest BCUT2D eigenvalue weighted by molar-refractivity contribution is 5.12. The quantitative estimate of drug-likeness (QED) is 0.846. The lowest BCUT2D eigenvalue weighted by molar-refractivity contribution is 0.115. The Labute approximate surface area is 109 Å². The van der Waals surface area contributed by atoms with E-state index in [9.17, 15) is 0 Å². The molecule has 1 fully saturated rings. The summed E-state index contributed by atoms with van der Waals surface area (Å²) >= 11 is 0. The normalized spacial score (nSPS) is 25.5. The van der Waals surface area contributed by atoms with Gasteiger partial charge >= 0.3 is 0 Å². The van der Waals surface area contributed by atoms with Crippen LogP contribution in [0.15, 0.2) is 16.5 Å². The highest BCUT2D eigenvalue weighted by Gasteiger charge is 2.31. The first-order chi connectivity index (χ1) is 8.74. The molecule has 1 aliphatic rings. The smallest absolute Gasteiger partial charge is 0.129 e.